The predicted octanol–water partition coefficient (Wildman–Crippen LogP) is 1.03. The van der Waals surface area contributed by atoms with Crippen molar-refractivity contribution in [1.29, 1.82) is 0 Å². The van der Waals surface area contributed by atoms with E-state index in [-0.39, 0.29) is 11.5 Å². The predicted molar refractivity (Wildman–Crippen MR) is 64.0 cm³/mol. The van der Waals surface area contributed by atoms with Crippen molar-refractivity contribution in [1.82, 2.24) is 9.80 Å². The Morgan fingerprint density at radius 3 is 2.47 bits per heavy atom. The maximum Gasteiger partial charge on any atom is 0.0575 e. The lowest BCUT2D eigenvalue weighted by Crippen LogP contribution is -2.54. The Hall–Kier alpha value is -0.120. The summed E-state index contributed by atoms with van der Waals surface area (Å²) in [6.07, 6.45) is -0.246. The van der Waals surface area contributed by atoms with Crippen molar-refractivity contribution < 1.29 is 5.11 Å². The van der Waals surface area contributed by atoms with Crippen LogP contribution in [0.4, 0.5) is 0 Å². The number of piperazine rings is 1. The second-order valence-electron chi connectivity index (χ2n) is 5.75. The number of nitrogens with zero attached hydrogens (tertiary/aromatic N) is 2. The van der Waals surface area contributed by atoms with Crippen LogP contribution in [-0.2, 0) is 0 Å². The Bertz CT molecular complexity index is 204. The molecule has 1 N–H and O–H groups in total. The third-order valence-corrected chi connectivity index (χ3v) is 3.71. The third-order valence-electron chi connectivity index (χ3n) is 3.71. The lowest BCUT2D eigenvalue weighted by atomic mass is 9.86. The van der Waals surface area contributed by atoms with Gasteiger partial charge in [0.05, 0.1) is 6.10 Å². The molecule has 0 bridgehead atoms. The average molecular weight is 214 g/mol. The maximum absolute atomic E-state index is 9.71. The molecule has 0 amide bonds. The third kappa shape index (κ3) is 3.44. The van der Waals surface area contributed by atoms with E-state index in [2.05, 4.69) is 37.6 Å². The summed E-state index contributed by atoms with van der Waals surface area (Å²) in [6, 6.07) is 0.599. The molecule has 90 valence electrons. The number of aliphatic hydroxyl groups is 1. The monoisotopic (exact) mass is 214 g/mol. The number of hydrogen-bond donors (Lipinski definition) is 1. The van der Waals surface area contributed by atoms with E-state index in [0.717, 1.165) is 26.2 Å². The first-order valence-corrected chi connectivity index (χ1v) is 5.93. The van der Waals surface area contributed by atoms with Crippen molar-refractivity contribution >= 4 is 0 Å². The van der Waals surface area contributed by atoms with Crippen LogP contribution >= 0.6 is 0 Å². The minimum Gasteiger partial charge on any atom is -0.393 e. The van der Waals surface area contributed by atoms with Crippen LogP contribution in [0.5, 0.6) is 0 Å². The van der Waals surface area contributed by atoms with E-state index < -0.39 is 0 Å². The SMILES string of the molecule is CC1CN(C)CCN1CC(C)(C)C(C)O. The van der Waals surface area contributed by atoms with Crippen molar-refractivity contribution in [3.63, 3.8) is 0 Å². The molecular formula is C12H26N2O. The minimum atomic E-state index is -0.246. The lowest BCUT2D eigenvalue weighted by molar-refractivity contribution is 0.00405. The van der Waals surface area contributed by atoms with Gasteiger partial charge in [-0.2, -0.15) is 0 Å². The molecule has 1 aliphatic rings. The van der Waals surface area contributed by atoms with Gasteiger partial charge in [-0.3, -0.25) is 4.90 Å². The highest BCUT2D eigenvalue weighted by atomic mass is 16.3. The van der Waals surface area contributed by atoms with Crippen LogP contribution in [0.15, 0.2) is 0 Å². The number of aliphatic hydroxyl groups excluding tert-OH is 1. The van der Waals surface area contributed by atoms with Crippen molar-refractivity contribution in [2.75, 3.05) is 33.2 Å². The van der Waals surface area contributed by atoms with Gasteiger partial charge >= 0.3 is 0 Å². The Kier molecular flexibility index (Phi) is 4.15. The van der Waals surface area contributed by atoms with Gasteiger partial charge < -0.3 is 10.0 Å². The highest BCUT2D eigenvalue weighted by molar-refractivity contribution is 4.84. The molecule has 0 aliphatic carbocycles. The quantitative estimate of drug-likeness (QED) is 0.760. The molecule has 1 fully saturated rings. The van der Waals surface area contributed by atoms with E-state index in [1.54, 1.807) is 0 Å². The minimum absolute atomic E-state index is 0.00975. The summed E-state index contributed by atoms with van der Waals surface area (Å²) in [4.78, 5) is 4.86. The van der Waals surface area contributed by atoms with E-state index in [9.17, 15) is 5.11 Å². The van der Waals surface area contributed by atoms with Crippen molar-refractivity contribution in [3.8, 4) is 0 Å². The van der Waals surface area contributed by atoms with E-state index in [0.29, 0.717) is 6.04 Å². The fourth-order valence-electron chi connectivity index (χ4n) is 2.07. The highest BCUT2D eigenvalue weighted by Gasteiger charge is 2.30. The maximum atomic E-state index is 9.71. The van der Waals surface area contributed by atoms with Gasteiger partial charge in [-0.15, -0.1) is 0 Å². The molecule has 2 atom stereocenters. The molecule has 0 aromatic heterocycles. The standard InChI is InChI=1S/C12H26N2O/c1-10-8-13(5)6-7-14(10)9-12(3,4)11(2)15/h10-11,15H,6-9H2,1-5H3. The lowest BCUT2D eigenvalue weighted by Gasteiger charge is -2.43. The second-order valence-corrected chi connectivity index (χ2v) is 5.75. The molecule has 0 saturated carbocycles. The van der Waals surface area contributed by atoms with Gasteiger partial charge in [-0.05, 0) is 20.9 Å². The molecule has 1 saturated heterocycles. The van der Waals surface area contributed by atoms with E-state index in [1.165, 1.54) is 0 Å². The average Bonchev–Trinajstić information content (AvgIpc) is 2.09. The molecule has 0 aromatic carbocycles. The van der Waals surface area contributed by atoms with Crippen molar-refractivity contribution in [2.45, 2.75) is 39.8 Å². The smallest absolute Gasteiger partial charge is 0.0575 e. The summed E-state index contributed by atoms with van der Waals surface area (Å²) < 4.78 is 0. The van der Waals surface area contributed by atoms with Gasteiger partial charge in [0.15, 0.2) is 0 Å². The van der Waals surface area contributed by atoms with Crippen LogP contribution in [0.3, 0.4) is 0 Å². The van der Waals surface area contributed by atoms with Gasteiger partial charge in [0, 0.05) is 37.6 Å². The zero-order valence-corrected chi connectivity index (χ0v) is 10.8. The van der Waals surface area contributed by atoms with Gasteiger partial charge in [-0.1, -0.05) is 13.8 Å². The summed E-state index contributed by atoms with van der Waals surface area (Å²) in [5, 5.41) is 9.71. The molecule has 2 unspecified atom stereocenters. The molecule has 1 rings (SSSR count). The van der Waals surface area contributed by atoms with Crippen LogP contribution in [0.1, 0.15) is 27.7 Å². The number of hydrogen-bond acceptors (Lipinski definition) is 3. The Balaban J connectivity index is 2.51. The van der Waals surface area contributed by atoms with Gasteiger partial charge in [0.2, 0.25) is 0 Å². The molecule has 0 spiro atoms. The fraction of sp³-hybridized carbons (Fsp3) is 1.00. The van der Waals surface area contributed by atoms with E-state index in [4.69, 9.17) is 0 Å². The molecule has 0 aromatic rings. The molecule has 3 heteroatoms. The molecule has 1 heterocycles. The summed E-state index contributed by atoms with van der Waals surface area (Å²) in [5.41, 5.74) is -0.00975. The highest BCUT2D eigenvalue weighted by Crippen LogP contribution is 2.24. The normalized spacial score (nSPS) is 28.0. The van der Waals surface area contributed by atoms with Crippen molar-refractivity contribution in [3.05, 3.63) is 0 Å². The van der Waals surface area contributed by atoms with Crippen LogP contribution in [0.2, 0.25) is 0 Å². The first-order valence-electron chi connectivity index (χ1n) is 5.93. The van der Waals surface area contributed by atoms with E-state index >= 15 is 0 Å². The van der Waals surface area contributed by atoms with Crippen LogP contribution < -0.4 is 0 Å². The zero-order chi connectivity index (χ0) is 11.6. The van der Waals surface area contributed by atoms with Gasteiger partial charge in [-0.25, -0.2) is 0 Å². The summed E-state index contributed by atoms with van der Waals surface area (Å²) in [6.45, 7) is 12.8. The summed E-state index contributed by atoms with van der Waals surface area (Å²) in [5.74, 6) is 0. The zero-order valence-electron chi connectivity index (χ0n) is 10.8. The van der Waals surface area contributed by atoms with Crippen LogP contribution in [0, 0.1) is 5.41 Å². The van der Waals surface area contributed by atoms with Crippen LogP contribution in [-0.4, -0.2) is 60.3 Å². The van der Waals surface area contributed by atoms with Gasteiger partial charge in [0.25, 0.3) is 0 Å². The molecule has 15 heavy (non-hydrogen) atoms. The van der Waals surface area contributed by atoms with Gasteiger partial charge in [0.1, 0.15) is 0 Å². The topological polar surface area (TPSA) is 26.7 Å². The molecule has 1 aliphatic heterocycles. The molecule has 3 nitrogen and oxygen atoms in total. The largest absolute Gasteiger partial charge is 0.393 e. The Morgan fingerprint density at radius 1 is 1.40 bits per heavy atom. The fourth-order valence-corrected chi connectivity index (χ4v) is 2.07. The Labute approximate surface area is 94.1 Å². The first-order chi connectivity index (χ1) is 6.83. The van der Waals surface area contributed by atoms with E-state index in [1.807, 2.05) is 6.92 Å². The number of rotatable bonds is 3. The summed E-state index contributed by atoms with van der Waals surface area (Å²) in [7, 11) is 2.17. The summed E-state index contributed by atoms with van der Waals surface area (Å²) >= 11 is 0. The molecular weight excluding hydrogens is 188 g/mol. The van der Waals surface area contributed by atoms with Crippen molar-refractivity contribution in [2.24, 2.45) is 5.41 Å². The first kappa shape index (κ1) is 12.9. The Morgan fingerprint density at radius 2 is 2.00 bits per heavy atom. The van der Waals surface area contributed by atoms with Crippen LogP contribution in [0.25, 0.3) is 0 Å². The second kappa shape index (κ2) is 4.81. The number of likely N-dealkylation sites (N-methyl/N-ethyl adjacent to an activating group) is 1. The molecule has 0 radical (unpaired) electrons.